The molecule has 2 heteroatoms. The summed E-state index contributed by atoms with van der Waals surface area (Å²) < 4.78 is 0. The molecule has 0 amide bonds. The molecular weight excluding hydrogens is 152 g/mol. The van der Waals surface area contributed by atoms with E-state index in [0.29, 0.717) is 17.5 Å². The number of aromatic hydroxyl groups is 2. The summed E-state index contributed by atoms with van der Waals surface area (Å²) in [6.45, 7) is 5.32. The normalized spacial score (nSPS) is 9.75. The highest BCUT2D eigenvalue weighted by Crippen LogP contribution is 2.27. The molecule has 1 rings (SSSR count). The van der Waals surface area contributed by atoms with E-state index >= 15 is 0 Å². The second-order valence-corrected chi connectivity index (χ2v) is 2.76. The van der Waals surface area contributed by atoms with E-state index in [4.69, 9.17) is 0 Å². The molecule has 1 aromatic carbocycles. The van der Waals surface area contributed by atoms with Gasteiger partial charge in [-0.15, -0.1) is 6.58 Å². The van der Waals surface area contributed by atoms with Crippen LogP contribution in [0.4, 0.5) is 0 Å². The second kappa shape index (κ2) is 3.30. The van der Waals surface area contributed by atoms with Gasteiger partial charge in [0.05, 0.1) is 0 Å². The van der Waals surface area contributed by atoms with E-state index in [1.54, 1.807) is 19.1 Å². The van der Waals surface area contributed by atoms with Crippen LogP contribution in [0.25, 0.3) is 0 Å². The van der Waals surface area contributed by atoms with Crippen LogP contribution in [0.15, 0.2) is 24.8 Å². The lowest BCUT2D eigenvalue weighted by Crippen LogP contribution is -1.85. The minimum absolute atomic E-state index is 0.183. The first-order valence-corrected chi connectivity index (χ1v) is 3.77. The van der Waals surface area contributed by atoms with E-state index in [2.05, 4.69) is 6.58 Å². The Bertz CT molecular complexity index is 303. The minimum Gasteiger partial charge on any atom is -0.508 e. The third-order valence-electron chi connectivity index (χ3n) is 1.73. The van der Waals surface area contributed by atoms with Gasteiger partial charge in [-0.25, -0.2) is 0 Å². The zero-order chi connectivity index (χ0) is 9.14. The van der Waals surface area contributed by atoms with Crippen molar-refractivity contribution in [3.63, 3.8) is 0 Å². The summed E-state index contributed by atoms with van der Waals surface area (Å²) in [6.07, 6.45) is 2.26. The highest BCUT2D eigenvalue weighted by Gasteiger charge is 2.04. The smallest absolute Gasteiger partial charge is 0.122 e. The number of phenols is 2. The van der Waals surface area contributed by atoms with Crippen LogP contribution in [0.3, 0.4) is 0 Å². The van der Waals surface area contributed by atoms with Crippen LogP contribution >= 0.6 is 0 Å². The van der Waals surface area contributed by atoms with Crippen LogP contribution < -0.4 is 0 Å². The van der Waals surface area contributed by atoms with Gasteiger partial charge in [-0.05, 0) is 31.0 Å². The van der Waals surface area contributed by atoms with Crippen LogP contribution in [0, 0.1) is 6.92 Å². The number of hydrogen-bond acceptors (Lipinski definition) is 2. The second-order valence-electron chi connectivity index (χ2n) is 2.76. The van der Waals surface area contributed by atoms with Crippen molar-refractivity contribution in [1.82, 2.24) is 0 Å². The Labute approximate surface area is 71.8 Å². The molecule has 1 aromatic rings. The van der Waals surface area contributed by atoms with Gasteiger partial charge in [0.2, 0.25) is 0 Å². The molecular formula is C10H12O2. The first-order valence-electron chi connectivity index (χ1n) is 3.77. The molecule has 0 heterocycles. The summed E-state index contributed by atoms with van der Waals surface area (Å²) >= 11 is 0. The van der Waals surface area contributed by atoms with Gasteiger partial charge in [-0.3, -0.25) is 0 Å². The molecule has 0 unspecified atom stereocenters. The number of phenolic OH excluding ortho intramolecular Hbond substituents is 2. The van der Waals surface area contributed by atoms with Gasteiger partial charge in [0.25, 0.3) is 0 Å². The number of rotatable bonds is 2. The van der Waals surface area contributed by atoms with Gasteiger partial charge in [0, 0.05) is 5.56 Å². The van der Waals surface area contributed by atoms with E-state index in [-0.39, 0.29) is 11.5 Å². The topological polar surface area (TPSA) is 40.5 Å². The standard InChI is InChI=1S/C10H12O2/c1-3-4-8-6-9(11)5-7(2)10(8)12/h3,5-6,11-12H,1,4H2,2H3. The van der Waals surface area contributed by atoms with E-state index in [0.717, 1.165) is 0 Å². The van der Waals surface area contributed by atoms with E-state index in [9.17, 15) is 10.2 Å². The molecule has 0 aliphatic carbocycles. The highest BCUT2D eigenvalue weighted by molar-refractivity contribution is 5.45. The lowest BCUT2D eigenvalue weighted by molar-refractivity contribution is 0.452. The van der Waals surface area contributed by atoms with Crippen molar-refractivity contribution in [3.05, 3.63) is 35.9 Å². The summed E-state index contributed by atoms with van der Waals surface area (Å²) in [5.74, 6) is 0.426. The molecule has 0 spiro atoms. The molecule has 0 aliphatic rings. The molecule has 0 radical (unpaired) electrons. The Morgan fingerprint density at radius 3 is 2.67 bits per heavy atom. The molecule has 0 aliphatic heterocycles. The van der Waals surface area contributed by atoms with Crippen LogP contribution in [-0.2, 0) is 6.42 Å². The SMILES string of the molecule is C=CCc1cc(O)cc(C)c1O. The fourth-order valence-electron chi connectivity index (χ4n) is 1.14. The van der Waals surface area contributed by atoms with Crippen LogP contribution in [0.5, 0.6) is 11.5 Å². The molecule has 0 atom stereocenters. The summed E-state index contributed by atoms with van der Waals surface area (Å²) in [6, 6.07) is 3.08. The van der Waals surface area contributed by atoms with Crippen LogP contribution in [0.1, 0.15) is 11.1 Å². The van der Waals surface area contributed by atoms with Crippen molar-refractivity contribution >= 4 is 0 Å². The number of allylic oxidation sites excluding steroid dienone is 1. The molecule has 0 saturated heterocycles. The lowest BCUT2D eigenvalue weighted by Gasteiger charge is -2.05. The zero-order valence-electron chi connectivity index (χ0n) is 7.04. The Balaban J connectivity index is 3.17. The van der Waals surface area contributed by atoms with Crippen molar-refractivity contribution in [2.24, 2.45) is 0 Å². The van der Waals surface area contributed by atoms with Gasteiger partial charge in [-0.1, -0.05) is 6.08 Å². The number of aryl methyl sites for hydroxylation is 1. The molecule has 12 heavy (non-hydrogen) atoms. The van der Waals surface area contributed by atoms with Gasteiger partial charge >= 0.3 is 0 Å². The lowest BCUT2D eigenvalue weighted by atomic mass is 10.1. The first kappa shape index (κ1) is 8.65. The Kier molecular flexibility index (Phi) is 2.38. The Morgan fingerprint density at radius 2 is 2.08 bits per heavy atom. The molecule has 2 nitrogen and oxygen atoms in total. The number of hydrogen-bond donors (Lipinski definition) is 2. The third-order valence-corrected chi connectivity index (χ3v) is 1.73. The van der Waals surface area contributed by atoms with Crippen molar-refractivity contribution in [2.75, 3.05) is 0 Å². The summed E-state index contributed by atoms with van der Waals surface area (Å²) in [4.78, 5) is 0. The maximum atomic E-state index is 9.49. The van der Waals surface area contributed by atoms with Crippen molar-refractivity contribution in [1.29, 1.82) is 0 Å². The van der Waals surface area contributed by atoms with E-state index in [1.807, 2.05) is 0 Å². The molecule has 0 saturated carbocycles. The number of benzene rings is 1. The molecule has 0 bridgehead atoms. The minimum atomic E-state index is 0.183. The van der Waals surface area contributed by atoms with E-state index < -0.39 is 0 Å². The van der Waals surface area contributed by atoms with Crippen molar-refractivity contribution in [2.45, 2.75) is 13.3 Å². The molecule has 0 fully saturated rings. The van der Waals surface area contributed by atoms with Gasteiger partial charge in [0.1, 0.15) is 11.5 Å². The maximum Gasteiger partial charge on any atom is 0.122 e. The average molecular weight is 164 g/mol. The quantitative estimate of drug-likeness (QED) is 0.519. The largest absolute Gasteiger partial charge is 0.508 e. The van der Waals surface area contributed by atoms with Crippen molar-refractivity contribution < 1.29 is 10.2 Å². The highest BCUT2D eigenvalue weighted by atomic mass is 16.3. The summed E-state index contributed by atoms with van der Waals surface area (Å²) in [5.41, 5.74) is 1.40. The van der Waals surface area contributed by atoms with Gasteiger partial charge < -0.3 is 10.2 Å². The van der Waals surface area contributed by atoms with Gasteiger partial charge in [-0.2, -0.15) is 0 Å². The summed E-state index contributed by atoms with van der Waals surface area (Å²) in [7, 11) is 0. The predicted molar refractivity (Wildman–Crippen MR) is 48.4 cm³/mol. The van der Waals surface area contributed by atoms with Crippen LogP contribution in [-0.4, -0.2) is 10.2 Å². The molecule has 64 valence electrons. The maximum absolute atomic E-state index is 9.49. The Morgan fingerprint density at radius 1 is 1.42 bits per heavy atom. The first-order chi connectivity index (χ1) is 5.65. The summed E-state index contributed by atoms with van der Waals surface area (Å²) in [5, 5.41) is 18.7. The van der Waals surface area contributed by atoms with Crippen LogP contribution in [0.2, 0.25) is 0 Å². The predicted octanol–water partition coefficient (Wildman–Crippen LogP) is 2.13. The monoisotopic (exact) mass is 164 g/mol. The van der Waals surface area contributed by atoms with Gasteiger partial charge in [0.15, 0.2) is 0 Å². The molecule has 0 aromatic heterocycles. The van der Waals surface area contributed by atoms with E-state index in [1.165, 1.54) is 6.07 Å². The third kappa shape index (κ3) is 1.59. The zero-order valence-corrected chi connectivity index (χ0v) is 7.04. The molecule has 2 N–H and O–H groups in total. The fraction of sp³-hybridized carbons (Fsp3) is 0.200. The Hall–Kier alpha value is -1.44. The fourth-order valence-corrected chi connectivity index (χ4v) is 1.14. The average Bonchev–Trinajstić information content (AvgIpc) is 2.00. The van der Waals surface area contributed by atoms with Crippen molar-refractivity contribution in [3.8, 4) is 11.5 Å².